The third-order valence-corrected chi connectivity index (χ3v) is 1.61. The number of halogens is 1. The van der Waals surface area contributed by atoms with Gasteiger partial charge >= 0.3 is 12.1 Å². The number of ether oxygens (including phenoxy) is 2. The number of nitrogens with zero attached hydrogens (tertiary/aromatic N) is 2. The van der Waals surface area contributed by atoms with E-state index in [2.05, 4.69) is 25.7 Å². The molecule has 5 nitrogen and oxygen atoms in total. The molecule has 0 saturated carbocycles. The molecule has 0 amide bonds. The Labute approximate surface area is 102 Å². The first-order chi connectivity index (χ1) is 8.41. The smallest absolute Gasteiger partial charge is 0.422 e. The Morgan fingerprint density at radius 3 is 2.93 bits per heavy atom. The predicted molar refractivity (Wildman–Crippen MR) is 58.1 cm³/mol. The second-order valence-electron chi connectivity index (χ2n) is 3.71. The molecule has 0 bridgehead atoms. The standard InChI is InChI=1S/C9H13BrN2O3/c1-9(2,3)15-8(13)12-5-6(10)11-7(12)14-4/h5H,1-4H3/i4D3,5D. The third-order valence-electron chi connectivity index (χ3n) is 1.26. The minimum atomic E-state index is -2.78. The number of rotatable bonds is 1. The summed E-state index contributed by atoms with van der Waals surface area (Å²) < 4.78 is 38.9. The Hall–Kier alpha value is -1.04. The molecule has 0 unspecified atom stereocenters. The number of carbonyl (C=O) groups is 1. The predicted octanol–water partition coefficient (Wildman–Crippen LogP) is 2.44. The maximum absolute atomic E-state index is 11.9. The van der Waals surface area contributed by atoms with Crippen molar-refractivity contribution < 1.29 is 19.8 Å². The fourth-order valence-electron chi connectivity index (χ4n) is 0.799. The highest BCUT2D eigenvalue weighted by molar-refractivity contribution is 9.10. The Bertz CT molecular complexity index is 493. The van der Waals surface area contributed by atoms with Crippen molar-refractivity contribution in [1.29, 1.82) is 0 Å². The molecule has 6 heteroatoms. The van der Waals surface area contributed by atoms with Gasteiger partial charge in [-0.2, -0.15) is 4.98 Å². The summed E-state index contributed by atoms with van der Waals surface area (Å²) in [6, 6.07) is -0.522. The Kier molecular flexibility index (Phi) is 2.04. The molecular weight excluding hydrogens is 264 g/mol. The van der Waals surface area contributed by atoms with Gasteiger partial charge in [0, 0.05) is 0 Å². The van der Waals surface area contributed by atoms with E-state index in [1.807, 2.05) is 0 Å². The summed E-state index contributed by atoms with van der Waals surface area (Å²) in [6.07, 6.45) is -1.29. The summed E-state index contributed by atoms with van der Waals surface area (Å²) in [5, 5.41) is 0. The first-order valence-electron chi connectivity index (χ1n) is 6.08. The molecule has 0 N–H and O–H groups in total. The van der Waals surface area contributed by atoms with Crippen LogP contribution in [-0.4, -0.2) is 28.3 Å². The lowest BCUT2D eigenvalue weighted by Gasteiger charge is -2.19. The molecule has 0 aliphatic heterocycles. The van der Waals surface area contributed by atoms with Gasteiger partial charge in [-0.3, -0.25) is 0 Å². The molecule has 1 rings (SSSR count). The third kappa shape index (κ3) is 3.23. The zero-order valence-electron chi connectivity index (χ0n) is 12.5. The van der Waals surface area contributed by atoms with E-state index in [4.69, 9.17) is 10.2 Å². The first-order valence-corrected chi connectivity index (χ1v) is 4.87. The van der Waals surface area contributed by atoms with E-state index in [1.165, 1.54) is 0 Å². The molecule has 0 aromatic carbocycles. The van der Waals surface area contributed by atoms with Crippen molar-refractivity contribution in [2.45, 2.75) is 26.4 Å². The van der Waals surface area contributed by atoms with Crippen LogP contribution >= 0.6 is 15.9 Å². The molecule has 1 aromatic rings. The number of imidazole rings is 1. The highest BCUT2D eigenvalue weighted by atomic mass is 79.9. The maximum Gasteiger partial charge on any atom is 0.422 e. The van der Waals surface area contributed by atoms with Crippen LogP contribution in [0.4, 0.5) is 4.79 Å². The summed E-state index contributed by atoms with van der Waals surface area (Å²) in [5.41, 5.74) is -0.794. The van der Waals surface area contributed by atoms with Crippen molar-refractivity contribution in [3.63, 3.8) is 0 Å². The molecule has 0 aliphatic carbocycles. The van der Waals surface area contributed by atoms with E-state index in [9.17, 15) is 4.79 Å². The van der Waals surface area contributed by atoms with Crippen LogP contribution in [0.25, 0.3) is 0 Å². The number of hydrogen-bond donors (Lipinski definition) is 0. The average Bonchev–Trinajstić information content (AvgIpc) is 2.35. The Morgan fingerprint density at radius 1 is 1.73 bits per heavy atom. The summed E-state index contributed by atoms with van der Waals surface area (Å²) in [5.74, 6) is 0. The Morgan fingerprint density at radius 2 is 2.40 bits per heavy atom. The maximum atomic E-state index is 11.9. The molecule has 0 atom stereocenters. The van der Waals surface area contributed by atoms with Crippen LogP contribution in [0.3, 0.4) is 0 Å². The molecule has 0 spiro atoms. The molecule has 15 heavy (non-hydrogen) atoms. The van der Waals surface area contributed by atoms with Gasteiger partial charge in [-0.05, 0) is 36.7 Å². The van der Waals surface area contributed by atoms with Gasteiger partial charge in [-0.25, -0.2) is 9.36 Å². The van der Waals surface area contributed by atoms with Crippen molar-refractivity contribution in [1.82, 2.24) is 9.55 Å². The van der Waals surface area contributed by atoms with E-state index >= 15 is 0 Å². The fraction of sp³-hybridized carbons (Fsp3) is 0.556. The van der Waals surface area contributed by atoms with Gasteiger partial charge in [0.1, 0.15) is 10.2 Å². The van der Waals surface area contributed by atoms with Gasteiger partial charge in [0.15, 0.2) is 0 Å². The van der Waals surface area contributed by atoms with Gasteiger partial charge in [0.05, 0.1) is 18.7 Å². The van der Waals surface area contributed by atoms with Crippen LogP contribution in [0.1, 0.15) is 26.3 Å². The summed E-state index contributed by atoms with van der Waals surface area (Å²) in [6.45, 7) is 4.93. The van der Waals surface area contributed by atoms with Gasteiger partial charge in [0.2, 0.25) is 0 Å². The molecule has 0 saturated heterocycles. The number of methoxy groups -OCH3 is 1. The van der Waals surface area contributed by atoms with Gasteiger partial charge in [-0.15, -0.1) is 0 Å². The monoisotopic (exact) mass is 280 g/mol. The van der Waals surface area contributed by atoms with E-state index < -0.39 is 24.7 Å². The van der Waals surface area contributed by atoms with E-state index in [-0.39, 0.29) is 10.8 Å². The SMILES string of the molecule is [2H]c1c(Br)nc(OC([2H])([2H])[2H])n1C(=O)OC(C)(C)C. The molecule has 0 radical (unpaired) electrons. The highest BCUT2D eigenvalue weighted by Crippen LogP contribution is 2.18. The zero-order chi connectivity index (χ0) is 15.0. The molecule has 0 aliphatic rings. The van der Waals surface area contributed by atoms with Gasteiger partial charge in [-0.1, -0.05) is 0 Å². The van der Waals surface area contributed by atoms with Crippen molar-refractivity contribution in [2.75, 3.05) is 7.04 Å². The van der Waals surface area contributed by atoms with Gasteiger partial charge < -0.3 is 9.47 Å². The van der Waals surface area contributed by atoms with Crippen LogP contribution in [0.2, 0.25) is 0 Å². The van der Waals surface area contributed by atoms with Crippen LogP contribution in [0, 0.1) is 0 Å². The summed E-state index contributed by atoms with van der Waals surface area (Å²) in [7, 11) is -2.78. The number of carbonyl (C=O) groups excluding carboxylic acids is 1. The van der Waals surface area contributed by atoms with Crippen LogP contribution in [0.15, 0.2) is 10.8 Å². The average molecular weight is 281 g/mol. The first kappa shape index (κ1) is 7.27. The van der Waals surface area contributed by atoms with E-state index in [0.29, 0.717) is 4.57 Å². The van der Waals surface area contributed by atoms with Crippen molar-refractivity contribution in [3.8, 4) is 6.01 Å². The number of hydrogen-bond acceptors (Lipinski definition) is 4. The van der Waals surface area contributed by atoms with Gasteiger partial charge in [0.25, 0.3) is 0 Å². The Balaban J connectivity index is 3.15. The lowest BCUT2D eigenvalue weighted by molar-refractivity contribution is 0.0523. The lowest BCUT2D eigenvalue weighted by atomic mass is 10.2. The largest absolute Gasteiger partial charge is 0.468 e. The molecule has 1 heterocycles. The van der Waals surface area contributed by atoms with Crippen LogP contribution in [0.5, 0.6) is 6.01 Å². The second-order valence-corrected chi connectivity index (χ2v) is 4.47. The van der Waals surface area contributed by atoms with Crippen molar-refractivity contribution in [3.05, 3.63) is 10.8 Å². The minimum Gasteiger partial charge on any atom is -0.468 e. The summed E-state index contributed by atoms with van der Waals surface area (Å²) in [4.78, 5) is 15.6. The number of aromatic nitrogens is 2. The zero-order valence-corrected chi connectivity index (χ0v) is 10.1. The van der Waals surface area contributed by atoms with Crippen molar-refractivity contribution in [2.24, 2.45) is 0 Å². The fourth-order valence-corrected chi connectivity index (χ4v) is 1.13. The highest BCUT2D eigenvalue weighted by Gasteiger charge is 2.21. The quantitative estimate of drug-likeness (QED) is 0.793. The molecular formula is C9H13BrN2O3. The molecule has 1 aromatic heterocycles. The lowest BCUT2D eigenvalue weighted by Crippen LogP contribution is -2.27. The minimum absolute atomic E-state index is 0.0161. The van der Waals surface area contributed by atoms with Crippen molar-refractivity contribution >= 4 is 22.0 Å². The van der Waals surface area contributed by atoms with E-state index in [1.54, 1.807) is 20.8 Å². The normalized spacial score (nSPS) is 16.0. The van der Waals surface area contributed by atoms with Crippen LogP contribution < -0.4 is 4.74 Å². The molecule has 0 fully saturated rings. The van der Waals surface area contributed by atoms with E-state index in [0.717, 1.165) is 0 Å². The van der Waals surface area contributed by atoms with Crippen LogP contribution in [-0.2, 0) is 4.74 Å². The molecule has 84 valence electrons. The topological polar surface area (TPSA) is 53.4 Å². The summed E-state index contributed by atoms with van der Waals surface area (Å²) >= 11 is 2.93. The second kappa shape index (κ2) is 4.22.